The fourth-order valence-electron chi connectivity index (χ4n) is 9.34. The van der Waals surface area contributed by atoms with Crippen LogP contribution in [0.2, 0.25) is 5.28 Å². The molecule has 2 saturated carbocycles. The molecule has 7 N–H and O–H groups in total. The van der Waals surface area contributed by atoms with Crippen LogP contribution in [-0.2, 0) is 0 Å². The lowest BCUT2D eigenvalue weighted by atomic mass is 10.1. The average molecular weight is 968 g/mol. The van der Waals surface area contributed by atoms with E-state index >= 15 is 0 Å². The van der Waals surface area contributed by atoms with E-state index in [0.717, 1.165) is 51.9 Å². The lowest BCUT2D eigenvalue weighted by Crippen LogP contribution is -2.35. The molecule has 2 unspecified atom stereocenters. The molecule has 2 aromatic carbocycles. The van der Waals surface area contributed by atoms with Gasteiger partial charge in [-0.2, -0.15) is 29.9 Å². The van der Waals surface area contributed by atoms with Gasteiger partial charge in [-0.05, 0) is 113 Å². The number of nitrogens with zero attached hydrogens (tertiary/aromatic N) is 8. The van der Waals surface area contributed by atoms with Crippen LogP contribution in [0.1, 0.15) is 124 Å². The van der Waals surface area contributed by atoms with Crippen LogP contribution in [0.3, 0.4) is 0 Å². The van der Waals surface area contributed by atoms with Gasteiger partial charge in [-0.1, -0.05) is 72.6 Å². The van der Waals surface area contributed by atoms with Crippen molar-refractivity contribution >= 4 is 52.7 Å². The van der Waals surface area contributed by atoms with Gasteiger partial charge in [0, 0.05) is 60.8 Å². The molecule has 0 bridgehead atoms. The Bertz CT molecular complexity index is 2080. The van der Waals surface area contributed by atoms with Gasteiger partial charge in [0.2, 0.25) is 35.0 Å². The topological polar surface area (TPSA) is 188 Å². The summed E-state index contributed by atoms with van der Waals surface area (Å²) in [6.07, 6.45) is 19.4. The number of methoxy groups -OCH3 is 2. The SMILES string of the molecule is C.CCN1CCCC1CN.CCN1CCCC1CNc1nc(Nc2ccc(OC)c(F)c2)nc(NC2CCCCCC2)n1.COc1ccc(Nc2nc(Cl)nc(NC3CCCCCC3)n2)cc1F. The molecule has 4 aromatic rings. The van der Waals surface area contributed by atoms with Crippen molar-refractivity contribution in [3.05, 3.63) is 53.3 Å². The van der Waals surface area contributed by atoms with E-state index in [1.54, 1.807) is 18.2 Å². The Morgan fingerprint density at radius 2 is 1.01 bits per heavy atom. The Balaban J connectivity index is 0.000000217. The molecule has 4 aliphatic rings. The zero-order valence-electron chi connectivity index (χ0n) is 39.9. The van der Waals surface area contributed by atoms with E-state index in [1.807, 2.05) is 0 Å². The van der Waals surface area contributed by atoms with E-state index < -0.39 is 11.6 Å². The summed E-state index contributed by atoms with van der Waals surface area (Å²) in [4.78, 5) is 31.3. The van der Waals surface area contributed by atoms with Crippen molar-refractivity contribution in [2.75, 3.05) is 80.1 Å². The van der Waals surface area contributed by atoms with Gasteiger partial charge in [0.05, 0.1) is 14.2 Å². The predicted octanol–water partition coefficient (Wildman–Crippen LogP) is 10.4. The van der Waals surface area contributed by atoms with Crippen LogP contribution in [0.5, 0.6) is 11.5 Å². The normalized spacial score (nSPS) is 19.2. The molecule has 19 heteroatoms. The van der Waals surface area contributed by atoms with Crippen molar-refractivity contribution in [1.29, 1.82) is 0 Å². The van der Waals surface area contributed by atoms with Crippen LogP contribution >= 0.6 is 11.6 Å². The van der Waals surface area contributed by atoms with Crippen LogP contribution in [0.25, 0.3) is 0 Å². The van der Waals surface area contributed by atoms with E-state index in [0.29, 0.717) is 59.3 Å². The Labute approximate surface area is 408 Å². The van der Waals surface area contributed by atoms with Crippen LogP contribution in [0.15, 0.2) is 36.4 Å². The minimum atomic E-state index is -0.468. The van der Waals surface area contributed by atoms with Gasteiger partial charge in [-0.25, -0.2) is 8.78 Å². The molecular formula is C49H77ClF2N14O2. The number of hydrogen-bond donors (Lipinski definition) is 6. The maximum absolute atomic E-state index is 14.2. The number of ether oxygens (including phenoxy) is 2. The van der Waals surface area contributed by atoms with E-state index in [-0.39, 0.29) is 30.2 Å². The number of likely N-dealkylation sites (N-methyl/N-ethyl adjacent to an activating group) is 2. The van der Waals surface area contributed by atoms with Gasteiger partial charge in [0.25, 0.3) is 0 Å². The summed E-state index contributed by atoms with van der Waals surface area (Å²) in [7, 11) is 2.87. The highest BCUT2D eigenvalue weighted by Crippen LogP contribution is 2.27. The van der Waals surface area contributed by atoms with Crippen LogP contribution in [-0.4, -0.2) is 117 Å². The Morgan fingerprint density at radius 1 is 0.588 bits per heavy atom. The number of benzene rings is 2. The standard InChI is InChI=1S/C24H36FN7O.C17H21ClFN5O.C7H16N2.CH4/c1-3-32-14-8-11-19(32)16-26-22-29-23(27-17-9-6-4-5-7-10-17)31-24(30-22)28-18-12-13-21(33-2)20(25)15-18;1-25-14-9-8-12(10-13(14)19)21-17-23-15(18)22-16(24-17)20-11-6-4-2-3-5-7-11;1-2-9-5-3-4-7(9)6-8;/h12-13,15,17,19H,3-11,14,16H2,1-2H3,(H3,26,27,28,29,30,31);8-11H,2-7H2,1H3,(H2,20,21,22,23,24);7H,2-6,8H2,1H3;1H4. The first kappa shape index (κ1) is 54.0. The summed E-state index contributed by atoms with van der Waals surface area (Å²) < 4.78 is 37.9. The molecule has 2 atom stereocenters. The largest absolute Gasteiger partial charge is 0.494 e. The number of rotatable bonds is 16. The lowest BCUT2D eigenvalue weighted by molar-refractivity contribution is 0.272. The molecule has 2 aromatic heterocycles. The first-order valence-corrected chi connectivity index (χ1v) is 24.9. The smallest absolute Gasteiger partial charge is 0.233 e. The van der Waals surface area contributed by atoms with E-state index in [4.69, 9.17) is 26.8 Å². The molecule has 16 nitrogen and oxygen atoms in total. The van der Waals surface area contributed by atoms with Crippen molar-refractivity contribution in [2.45, 2.75) is 148 Å². The maximum Gasteiger partial charge on any atom is 0.233 e. The Morgan fingerprint density at radius 3 is 1.47 bits per heavy atom. The number of likely N-dealkylation sites (tertiary alicyclic amines) is 2. The number of aromatic nitrogens is 6. The van der Waals surface area contributed by atoms with E-state index in [9.17, 15) is 8.78 Å². The monoisotopic (exact) mass is 967 g/mol. The molecular weight excluding hydrogens is 890 g/mol. The third-order valence-corrected chi connectivity index (χ3v) is 13.2. The second-order valence-corrected chi connectivity index (χ2v) is 18.0. The minimum Gasteiger partial charge on any atom is -0.494 e. The third-order valence-electron chi connectivity index (χ3n) is 13.0. The van der Waals surface area contributed by atoms with E-state index in [2.05, 4.69) is 80.1 Å². The Hall–Kier alpha value is -4.91. The predicted molar refractivity (Wildman–Crippen MR) is 272 cm³/mol. The Kier molecular flexibility index (Phi) is 22.7. The highest BCUT2D eigenvalue weighted by atomic mass is 35.5. The molecule has 4 fully saturated rings. The van der Waals surface area contributed by atoms with Crippen molar-refractivity contribution in [1.82, 2.24) is 39.7 Å². The fourth-order valence-corrected chi connectivity index (χ4v) is 9.50. The number of nitrogens with two attached hydrogens (primary N) is 1. The van der Waals surface area contributed by atoms with Gasteiger partial charge in [-0.3, -0.25) is 9.80 Å². The molecule has 68 heavy (non-hydrogen) atoms. The zero-order chi connectivity index (χ0) is 47.4. The second-order valence-electron chi connectivity index (χ2n) is 17.6. The minimum absolute atomic E-state index is 0. The lowest BCUT2D eigenvalue weighted by Gasteiger charge is -2.23. The summed E-state index contributed by atoms with van der Waals surface area (Å²) in [5.74, 6) is 1.63. The van der Waals surface area contributed by atoms with Crippen molar-refractivity contribution in [3.8, 4) is 11.5 Å². The molecule has 2 aliphatic heterocycles. The van der Waals surface area contributed by atoms with Crippen molar-refractivity contribution in [2.24, 2.45) is 5.73 Å². The van der Waals surface area contributed by atoms with Gasteiger partial charge in [-0.15, -0.1) is 0 Å². The van der Waals surface area contributed by atoms with Crippen molar-refractivity contribution in [3.63, 3.8) is 0 Å². The summed E-state index contributed by atoms with van der Waals surface area (Å²) in [5.41, 5.74) is 6.61. The van der Waals surface area contributed by atoms with E-state index in [1.165, 1.54) is 123 Å². The molecule has 2 saturated heterocycles. The summed E-state index contributed by atoms with van der Waals surface area (Å²) in [6, 6.07) is 11.1. The summed E-state index contributed by atoms with van der Waals surface area (Å²) >= 11 is 6.01. The molecule has 0 radical (unpaired) electrons. The first-order chi connectivity index (χ1) is 32.7. The third kappa shape index (κ3) is 16.9. The number of anilines is 7. The quantitative estimate of drug-likeness (QED) is 0.0582. The van der Waals surface area contributed by atoms with Gasteiger partial charge < -0.3 is 41.8 Å². The van der Waals surface area contributed by atoms with Crippen LogP contribution in [0, 0.1) is 11.6 Å². The maximum atomic E-state index is 14.2. The second kappa shape index (κ2) is 28.6. The van der Waals surface area contributed by atoms with Gasteiger partial charge in [0.1, 0.15) is 0 Å². The molecule has 4 heterocycles. The van der Waals surface area contributed by atoms with Gasteiger partial charge in [0.15, 0.2) is 23.1 Å². The highest BCUT2D eigenvalue weighted by Gasteiger charge is 2.24. The van der Waals surface area contributed by atoms with Crippen LogP contribution in [0.4, 0.5) is 49.9 Å². The zero-order valence-corrected chi connectivity index (χ0v) is 40.7. The van der Waals surface area contributed by atoms with Gasteiger partial charge >= 0.3 is 0 Å². The molecule has 2 aliphatic carbocycles. The first-order valence-electron chi connectivity index (χ1n) is 24.5. The summed E-state index contributed by atoms with van der Waals surface area (Å²) in [5, 5.41) is 16.4. The highest BCUT2D eigenvalue weighted by molar-refractivity contribution is 6.28. The molecule has 8 rings (SSSR count). The summed E-state index contributed by atoms with van der Waals surface area (Å²) in [6.45, 7) is 10.7. The number of nitrogens with one attached hydrogen (secondary N) is 5. The number of hydrogen-bond acceptors (Lipinski definition) is 16. The van der Waals surface area contributed by atoms with Crippen molar-refractivity contribution < 1.29 is 18.3 Å². The fraction of sp³-hybridized carbons (Fsp3) is 0.633. The molecule has 0 amide bonds. The molecule has 0 spiro atoms. The number of halogens is 3. The molecule has 376 valence electrons. The van der Waals surface area contributed by atoms with Crippen LogP contribution < -0.4 is 41.8 Å². The average Bonchev–Trinajstić information content (AvgIpc) is 3.82.